The Labute approximate surface area is 82.2 Å². The van der Waals surface area contributed by atoms with Crippen LogP contribution >= 0.6 is 0 Å². The smallest absolute Gasteiger partial charge is 0.351 e. The summed E-state index contributed by atoms with van der Waals surface area (Å²) in [5.41, 5.74) is 0. The van der Waals surface area contributed by atoms with Gasteiger partial charge in [-0.3, -0.25) is 9.59 Å². The summed E-state index contributed by atoms with van der Waals surface area (Å²) in [5, 5.41) is 0. The van der Waals surface area contributed by atoms with Crippen LogP contribution in [0.3, 0.4) is 0 Å². The first-order chi connectivity index (χ1) is 5.02. The van der Waals surface area contributed by atoms with Crippen LogP contribution in [-0.2, 0) is 43.3 Å². The van der Waals surface area contributed by atoms with Gasteiger partial charge in [0.25, 0.3) is 0 Å². The summed E-state index contributed by atoms with van der Waals surface area (Å²) in [6, 6.07) is 0. The fraction of sp³-hybridized carbons (Fsp3) is 0.500. The molecular weight excluding hydrogens is 217 g/mol. The van der Waals surface area contributed by atoms with E-state index in [-0.39, 0.29) is 19.5 Å². The number of hydrogen-bond acceptors (Lipinski definition) is 5. The molecule has 0 heterocycles. The molecule has 5 nitrogen and oxygen atoms in total. The van der Waals surface area contributed by atoms with Crippen molar-refractivity contribution < 1.29 is 43.3 Å². The summed E-state index contributed by atoms with van der Waals surface area (Å²) >= 11 is 0. The van der Waals surface area contributed by atoms with Crippen molar-refractivity contribution in [3.8, 4) is 0 Å². The van der Waals surface area contributed by atoms with Crippen LogP contribution in [0.25, 0.3) is 0 Å². The molecule has 0 rings (SSSR count). The molecule has 0 atom stereocenters. The number of carbonyl (C=O) groups is 3. The zero-order valence-electron chi connectivity index (χ0n) is 6.96. The van der Waals surface area contributed by atoms with Gasteiger partial charge in [0.2, 0.25) is 0 Å². The van der Waals surface area contributed by atoms with Gasteiger partial charge in [0.1, 0.15) is 0 Å². The van der Waals surface area contributed by atoms with Gasteiger partial charge in [-0.05, 0) is 0 Å². The fourth-order valence-corrected chi connectivity index (χ4v) is 0.350. The molecule has 0 fully saturated rings. The van der Waals surface area contributed by atoms with Crippen molar-refractivity contribution in [1.82, 2.24) is 0 Å². The standard InChI is InChI=1S/C6H8O5.Zn/c1-4(7)10-3-6(9)11-5(2)8;/h3H2,1-2H3;. The minimum absolute atomic E-state index is 0. The van der Waals surface area contributed by atoms with Gasteiger partial charge in [0.05, 0.1) is 0 Å². The molecule has 12 heavy (non-hydrogen) atoms. The minimum Gasteiger partial charge on any atom is -0.454 e. The van der Waals surface area contributed by atoms with Crippen molar-refractivity contribution in [3.63, 3.8) is 0 Å². The molecule has 0 bridgehead atoms. The first-order valence-electron chi connectivity index (χ1n) is 2.87. The molecule has 0 N–H and O–H groups in total. The molecule has 0 aliphatic rings. The van der Waals surface area contributed by atoms with Crippen LogP contribution < -0.4 is 0 Å². The van der Waals surface area contributed by atoms with Crippen molar-refractivity contribution >= 4 is 17.9 Å². The van der Waals surface area contributed by atoms with Crippen LogP contribution in [0.15, 0.2) is 0 Å². The van der Waals surface area contributed by atoms with E-state index in [1.165, 1.54) is 0 Å². The van der Waals surface area contributed by atoms with Crippen LogP contribution in [0.2, 0.25) is 0 Å². The van der Waals surface area contributed by atoms with Crippen molar-refractivity contribution in [2.75, 3.05) is 6.61 Å². The van der Waals surface area contributed by atoms with E-state index in [1.54, 1.807) is 0 Å². The van der Waals surface area contributed by atoms with E-state index in [0.29, 0.717) is 0 Å². The maximum Gasteiger partial charge on any atom is 0.351 e. The molecule has 0 aromatic rings. The second-order valence-electron chi connectivity index (χ2n) is 1.75. The van der Waals surface area contributed by atoms with Crippen LogP contribution in [0.5, 0.6) is 0 Å². The summed E-state index contributed by atoms with van der Waals surface area (Å²) < 4.78 is 8.28. The van der Waals surface area contributed by atoms with Gasteiger partial charge in [0.15, 0.2) is 6.61 Å². The third-order valence-electron chi connectivity index (χ3n) is 0.651. The first kappa shape index (κ1) is 13.8. The van der Waals surface area contributed by atoms with Gasteiger partial charge in [0, 0.05) is 33.3 Å². The summed E-state index contributed by atoms with van der Waals surface area (Å²) in [6.07, 6.45) is 0. The monoisotopic (exact) mass is 224 g/mol. The zero-order valence-corrected chi connectivity index (χ0v) is 9.92. The molecule has 6 heteroatoms. The predicted molar refractivity (Wildman–Crippen MR) is 33.4 cm³/mol. The van der Waals surface area contributed by atoms with Crippen LogP contribution in [-0.4, -0.2) is 24.5 Å². The van der Waals surface area contributed by atoms with Gasteiger partial charge in [-0.1, -0.05) is 0 Å². The van der Waals surface area contributed by atoms with Gasteiger partial charge in [-0.15, -0.1) is 0 Å². The van der Waals surface area contributed by atoms with Gasteiger partial charge >= 0.3 is 17.9 Å². The van der Waals surface area contributed by atoms with Gasteiger partial charge in [-0.25, -0.2) is 4.79 Å². The Bertz CT molecular complexity index is 188. The normalized spacial score (nSPS) is 7.83. The Kier molecular flexibility index (Phi) is 7.95. The minimum atomic E-state index is -0.868. The molecule has 0 spiro atoms. The molecule has 0 saturated carbocycles. The van der Waals surface area contributed by atoms with Crippen LogP contribution in [0.4, 0.5) is 0 Å². The van der Waals surface area contributed by atoms with E-state index in [4.69, 9.17) is 0 Å². The van der Waals surface area contributed by atoms with Crippen LogP contribution in [0, 0.1) is 0 Å². The fourth-order valence-electron chi connectivity index (χ4n) is 0.350. The van der Waals surface area contributed by atoms with Crippen molar-refractivity contribution in [3.05, 3.63) is 0 Å². The number of esters is 3. The van der Waals surface area contributed by atoms with Crippen molar-refractivity contribution in [2.24, 2.45) is 0 Å². The summed E-state index contributed by atoms with van der Waals surface area (Å²) in [4.78, 5) is 30.7. The van der Waals surface area contributed by atoms with Crippen molar-refractivity contribution in [2.45, 2.75) is 13.8 Å². The molecule has 0 aliphatic heterocycles. The van der Waals surface area contributed by atoms with E-state index < -0.39 is 24.5 Å². The Hall–Kier alpha value is -0.767. The molecule has 0 aromatic heterocycles. The van der Waals surface area contributed by atoms with Crippen LogP contribution in [0.1, 0.15) is 13.8 Å². The third-order valence-corrected chi connectivity index (χ3v) is 0.651. The Morgan fingerprint density at radius 1 is 1.08 bits per heavy atom. The third kappa shape index (κ3) is 9.23. The second kappa shape index (κ2) is 6.91. The summed E-state index contributed by atoms with van der Waals surface area (Å²) in [6.45, 7) is 1.72. The number of rotatable bonds is 2. The molecular formula is C6H8O5Zn. The molecule has 0 radical (unpaired) electrons. The number of ether oxygens (including phenoxy) is 2. The molecule has 0 amide bonds. The maximum absolute atomic E-state index is 10.4. The van der Waals surface area contributed by atoms with Crippen molar-refractivity contribution in [1.29, 1.82) is 0 Å². The van der Waals surface area contributed by atoms with E-state index in [1.807, 2.05) is 0 Å². The van der Waals surface area contributed by atoms with E-state index >= 15 is 0 Å². The van der Waals surface area contributed by atoms with E-state index in [9.17, 15) is 14.4 Å². The topological polar surface area (TPSA) is 69.7 Å². The molecule has 0 aromatic carbocycles. The zero-order chi connectivity index (χ0) is 8.85. The average molecular weight is 226 g/mol. The molecule has 0 saturated heterocycles. The average Bonchev–Trinajstić information content (AvgIpc) is 1.82. The largest absolute Gasteiger partial charge is 0.454 e. The Morgan fingerprint density at radius 2 is 1.58 bits per heavy atom. The maximum atomic E-state index is 10.4. The Balaban J connectivity index is 0. The molecule has 64 valence electrons. The SMILES string of the molecule is CC(=O)OCC(=O)OC(C)=O.[Zn]. The first-order valence-corrected chi connectivity index (χ1v) is 2.87. The molecule has 0 aliphatic carbocycles. The predicted octanol–water partition coefficient (Wildman–Crippen LogP) is -0.363. The van der Waals surface area contributed by atoms with Gasteiger partial charge in [-0.2, -0.15) is 0 Å². The number of carbonyl (C=O) groups excluding carboxylic acids is 3. The van der Waals surface area contributed by atoms with Gasteiger partial charge < -0.3 is 9.47 Å². The number of hydrogen-bond donors (Lipinski definition) is 0. The van der Waals surface area contributed by atoms with E-state index in [2.05, 4.69) is 9.47 Å². The quantitative estimate of drug-likeness (QED) is 0.365. The molecule has 0 unspecified atom stereocenters. The van der Waals surface area contributed by atoms with E-state index in [0.717, 1.165) is 13.8 Å². The summed E-state index contributed by atoms with van der Waals surface area (Å²) in [5.74, 6) is -2.18. The summed E-state index contributed by atoms with van der Waals surface area (Å²) in [7, 11) is 0. The second-order valence-corrected chi connectivity index (χ2v) is 1.75. The Morgan fingerprint density at radius 3 is 1.92 bits per heavy atom.